The maximum Gasteiger partial charge on any atom is 0.407 e. The highest BCUT2D eigenvalue weighted by molar-refractivity contribution is 5.87. The highest BCUT2D eigenvalue weighted by atomic mass is 16.7. The van der Waals surface area contributed by atoms with Crippen molar-refractivity contribution in [3.05, 3.63) is 65.1 Å². The van der Waals surface area contributed by atoms with E-state index >= 15 is 0 Å². The molecule has 2 aromatic carbocycles. The van der Waals surface area contributed by atoms with Crippen LogP contribution >= 0.6 is 0 Å². The van der Waals surface area contributed by atoms with Gasteiger partial charge in [-0.15, -0.1) is 0 Å². The molecule has 3 aromatic rings. The number of benzene rings is 2. The number of amides is 4. The molecule has 5 fully saturated rings. The van der Waals surface area contributed by atoms with Gasteiger partial charge in [0, 0.05) is 24.6 Å². The lowest BCUT2D eigenvalue weighted by molar-refractivity contribution is -0.153. The van der Waals surface area contributed by atoms with Gasteiger partial charge in [-0.1, -0.05) is 76.9 Å². The molecular weight excluding hydrogens is 825 g/mol. The number of carbonyl (C=O) groups is 4. The van der Waals surface area contributed by atoms with Gasteiger partial charge in [-0.25, -0.2) is 14.6 Å². The minimum absolute atomic E-state index is 0.0487. The van der Waals surface area contributed by atoms with Gasteiger partial charge in [0.05, 0.1) is 51.9 Å². The molecular formula is C51H68N6O8. The molecule has 9 rings (SSSR count). The molecule has 0 radical (unpaired) electrons. The van der Waals surface area contributed by atoms with E-state index in [0.717, 1.165) is 56.5 Å². The number of nitrogens with one attached hydrogen (secondary N) is 3. The molecule has 14 heteroatoms. The van der Waals surface area contributed by atoms with E-state index in [1.165, 1.54) is 73.3 Å². The van der Waals surface area contributed by atoms with Crippen LogP contribution in [-0.4, -0.2) is 108 Å². The fourth-order valence-electron chi connectivity index (χ4n) is 12.6. The first-order valence-corrected chi connectivity index (χ1v) is 24.2. The van der Waals surface area contributed by atoms with Crippen LogP contribution in [0.3, 0.4) is 0 Å². The first-order chi connectivity index (χ1) is 31.3. The van der Waals surface area contributed by atoms with E-state index in [4.69, 9.17) is 23.9 Å². The van der Waals surface area contributed by atoms with Gasteiger partial charge in [0.2, 0.25) is 11.8 Å². The molecule has 0 bridgehead atoms. The van der Waals surface area contributed by atoms with Gasteiger partial charge >= 0.3 is 12.2 Å². The zero-order valence-electron chi connectivity index (χ0n) is 39.1. The second kappa shape index (κ2) is 18.4. The second-order valence-corrected chi connectivity index (χ2v) is 20.3. The predicted octanol–water partition coefficient (Wildman–Crippen LogP) is 8.15. The van der Waals surface area contributed by atoms with E-state index < -0.39 is 30.1 Å². The number of H-pyrrole nitrogens is 1. The third kappa shape index (κ3) is 8.54. The minimum atomic E-state index is -0.792. The van der Waals surface area contributed by atoms with Gasteiger partial charge < -0.3 is 44.4 Å². The zero-order valence-corrected chi connectivity index (χ0v) is 39.1. The number of hydrogen-bond acceptors (Lipinski definition) is 9. The van der Waals surface area contributed by atoms with Crippen molar-refractivity contribution in [2.45, 2.75) is 146 Å². The predicted molar refractivity (Wildman–Crippen MR) is 245 cm³/mol. The number of aromatic amines is 1. The SMILES string of the molecule is COC(=O)NC(C(=O)N1CCC[C@H]1c1ncc(-c2ccc(-c3ccc(C4CCC([C@@H]5CC6(CN5C(=O)[C@@H](NC(=O)OC)C(C)C)OCCO6)C4)cc3)c3c2CCC32CCCC2)[nH]1)C(C)C. The maximum atomic E-state index is 14.2. The van der Waals surface area contributed by atoms with Gasteiger partial charge in [0.15, 0.2) is 5.79 Å². The number of rotatable bonds is 11. The number of methoxy groups -OCH3 is 2. The Kier molecular flexibility index (Phi) is 12.8. The molecule has 1 aromatic heterocycles. The Morgan fingerprint density at radius 1 is 0.800 bits per heavy atom. The van der Waals surface area contributed by atoms with E-state index in [-0.39, 0.29) is 47.1 Å². The fraction of sp³-hybridized carbons (Fsp3) is 0.627. The molecule has 3 N–H and O–H groups in total. The lowest BCUT2D eigenvalue weighted by Gasteiger charge is -2.33. The van der Waals surface area contributed by atoms with Crippen molar-refractivity contribution in [3.8, 4) is 22.4 Å². The average molecular weight is 893 g/mol. The third-order valence-corrected chi connectivity index (χ3v) is 15.9. The summed E-state index contributed by atoms with van der Waals surface area (Å²) in [7, 11) is 2.63. The molecule has 65 heavy (non-hydrogen) atoms. The minimum Gasteiger partial charge on any atom is -0.453 e. The van der Waals surface area contributed by atoms with Crippen molar-refractivity contribution in [2.24, 2.45) is 17.8 Å². The number of ether oxygens (including phenoxy) is 4. The zero-order chi connectivity index (χ0) is 45.6. The Hall–Kier alpha value is -4.95. The van der Waals surface area contributed by atoms with Crippen LogP contribution in [0.2, 0.25) is 0 Å². The molecule has 3 aliphatic carbocycles. The Bertz CT molecular complexity index is 2240. The molecule has 6 atom stereocenters. The lowest BCUT2D eigenvalue weighted by Crippen LogP contribution is -2.54. The third-order valence-electron chi connectivity index (χ3n) is 15.9. The van der Waals surface area contributed by atoms with Crippen molar-refractivity contribution in [1.29, 1.82) is 0 Å². The van der Waals surface area contributed by atoms with Gasteiger partial charge in [0.1, 0.15) is 17.9 Å². The Labute approximate surface area is 383 Å². The van der Waals surface area contributed by atoms with E-state index in [2.05, 4.69) is 52.0 Å². The molecule has 14 nitrogen and oxygen atoms in total. The monoisotopic (exact) mass is 893 g/mol. The molecule has 6 aliphatic rings. The summed E-state index contributed by atoms with van der Waals surface area (Å²) >= 11 is 0. The number of likely N-dealkylation sites (tertiary alicyclic amines) is 2. The number of carbonyl (C=O) groups excluding carboxylic acids is 4. The number of fused-ring (bicyclic) bond motifs is 2. The van der Waals surface area contributed by atoms with Gasteiger partial charge in [0.25, 0.3) is 0 Å². The summed E-state index contributed by atoms with van der Waals surface area (Å²) in [5, 5.41) is 5.55. The fourth-order valence-corrected chi connectivity index (χ4v) is 12.6. The topological polar surface area (TPSA) is 164 Å². The van der Waals surface area contributed by atoms with Crippen LogP contribution in [0.1, 0.15) is 133 Å². The summed E-state index contributed by atoms with van der Waals surface area (Å²) in [6.45, 7) is 9.75. The molecule has 3 aliphatic heterocycles. The Balaban J connectivity index is 0.944. The molecule has 4 heterocycles. The van der Waals surface area contributed by atoms with Crippen molar-refractivity contribution < 1.29 is 38.1 Å². The normalized spacial score (nSPS) is 25.2. The Morgan fingerprint density at radius 2 is 1.45 bits per heavy atom. The van der Waals surface area contributed by atoms with Crippen molar-refractivity contribution >= 4 is 24.0 Å². The van der Waals surface area contributed by atoms with E-state index in [0.29, 0.717) is 38.6 Å². The summed E-state index contributed by atoms with van der Waals surface area (Å²) in [5.74, 6) is 0.203. The summed E-state index contributed by atoms with van der Waals surface area (Å²) in [5.41, 5.74) is 9.16. The number of aromatic nitrogens is 2. The summed E-state index contributed by atoms with van der Waals surface area (Å²) in [4.78, 5) is 64.9. The average Bonchev–Trinajstić information content (AvgIpc) is 4.18. The highest BCUT2D eigenvalue weighted by Crippen LogP contribution is 2.55. The van der Waals surface area contributed by atoms with Crippen LogP contribution in [0.5, 0.6) is 0 Å². The van der Waals surface area contributed by atoms with Crippen molar-refractivity contribution in [1.82, 2.24) is 30.4 Å². The molecule has 3 unspecified atom stereocenters. The van der Waals surface area contributed by atoms with Crippen LogP contribution in [0, 0.1) is 17.8 Å². The number of nitrogens with zero attached hydrogens (tertiary/aromatic N) is 3. The standard InChI is InChI=1S/C51H68N6O8/c1-30(2)43(54-48(60)62-5)46(58)56-23-9-10-40(56)45-52-28-39(53-45)37-18-17-36(42-38(37)19-22-50(42)20-7-8-21-50)33-13-11-32(12-14-33)34-15-16-35(26-34)41-27-51(64-24-25-65-51)29-57(41)47(59)44(31(3)4)55-49(61)63-6/h11-14,17-18,28,30-31,34-35,40-41,43-44H,7-10,15-16,19-27,29H2,1-6H3,(H,52,53)(H,54,60)(H,55,61)/t34?,35?,40-,41-,43?,44-/m0/s1. The molecule has 3 saturated heterocycles. The lowest BCUT2D eigenvalue weighted by atomic mass is 9.76. The van der Waals surface area contributed by atoms with Crippen LogP contribution in [0.15, 0.2) is 42.6 Å². The van der Waals surface area contributed by atoms with E-state index in [1.54, 1.807) is 0 Å². The number of hydrogen-bond donors (Lipinski definition) is 3. The van der Waals surface area contributed by atoms with Crippen LogP contribution < -0.4 is 10.6 Å². The van der Waals surface area contributed by atoms with Crippen LogP contribution in [0.25, 0.3) is 22.4 Å². The molecule has 4 amide bonds. The Morgan fingerprint density at radius 3 is 2.09 bits per heavy atom. The smallest absolute Gasteiger partial charge is 0.407 e. The van der Waals surface area contributed by atoms with E-state index in [9.17, 15) is 19.2 Å². The summed E-state index contributed by atoms with van der Waals surface area (Å²) < 4.78 is 22.1. The van der Waals surface area contributed by atoms with Crippen LogP contribution in [0.4, 0.5) is 9.59 Å². The first-order valence-electron chi connectivity index (χ1n) is 24.2. The molecule has 350 valence electrons. The summed E-state index contributed by atoms with van der Waals surface area (Å²) in [6, 6.07) is 12.3. The second-order valence-electron chi connectivity index (χ2n) is 20.3. The van der Waals surface area contributed by atoms with E-state index in [1.807, 2.05) is 43.7 Å². The van der Waals surface area contributed by atoms with Crippen molar-refractivity contribution in [3.63, 3.8) is 0 Å². The maximum absolute atomic E-state index is 14.2. The largest absolute Gasteiger partial charge is 0.453 e. The van der Waals surface area contributed by atoms with Crippen LogP contribution in [-0.2, 0) is 40.4 Å². The highest BCUT2D eigenvalue weighted by Gasteiger charge is 2.54. The quantitative estimate of drug-likeness (QED) is 0.172. The number of alkyl carbamates (subject to hydrolysis) is 2. The first kappa shape index (κ1) is 45.2. The molecule has 2 spiro atoms. The molecule has 2 saturated carbocycles. The summed E-state index contributed by atoms with van der Waals surface area (Å²) in [6.07, 6.45) is 13.1. The number of imidazole rings is 1. The van der Waals surface area contributed by atoms with Gasteiger partial charge in [-0.05, 0) is 115 Å². The van der Waals surface area contributed by atoms with Crippen molar-refractivity contribution in [2.75, 3.05) is 40.5 Å². The van der Waals surface area contributed by atoms with Gasteiger partial charge in [-0.2, -0.15) is 0 Å². The van der Waals surface area contributed by atoms with Gasteiger partial charge in [-0.3, -0.25) is 9.59 Å².